The largest absolute Gasteiger partial charge is 0.294 e. The number of hydrogen-bond donors (Lipinski definition) is 0. The van der Waals surface area contributed by atoms with Crippen molar-refractivity contribution in [1.82, 2.24) is 0 Å². The van der Waals surface area contributed by atoms with E-state index in [4.69, 9.17) is 2.74 Å². The van der Waals surface area contributed by atoms with Crippen LogP contribution in [0.25, 0.3) is 5.57 Å². The summed E-state index contributed by atoms with van der Waals surface area (Å²) in [7, 11) is 0. The number of benzene rings is 2. The molecule has 0 aliphatic heterocycles. The lowest BCUT2D eigenvalue weighted by Crippen LogP contribution is -2.18. The molecule has 0 bridgehead atoms. The molecule has 120 valence electrons. The number of ketones is 1. The highest BCUT2D eigenvalue weighted by atomic mass is 16.1. The molecule has 0 saturated heterocycles. The predicted octanol–water partition coefficient (Wildman–Crippen LogP) is 5.66. The first-order valence-corrected chi connectivity index (χ1v) is 7.94. The highest BCUT2D eigenvalue weighted by Crippen LogP contribution is 2.31. The van der Waals surface area contributed by atoms with Crippen molar-refractivity contribution in [2.45, 2.75) is 41.5 Å². The van der Waals surface area contributed by atoms with E-state index in [1.165, 1.54) is 0 Å². The molecular formula is C22H26O. The Balaban J connectivity index is 2.84. The molecule has 1 heteroatoms. The van der Waals surface area contributed by atoms with Gasteiger partial charge in [-0.1, -0.05) is 68.8 Å². The lowest BCUT2D eigenvalue weighted by molar-refractivity contribution is -0.121. The topological polar surface area (TPSA) is 17.1 Å². The molecule has 0 heterocycles. The number of allylic oxidation sites excluding steroid dienone is 1. The summed E-state index contributed by atoms with van der Waals surface area (Å²) in [6.07, 6.45) is 1.68. The van der Waals surface area contributed by atoms with E-state index >= 15 is 0 Å². The average molecular weight is 308 g/mol. The Kier molecular flexibility index (Phi) is 4.10. The average Bonchev–Trinajstić information content (AvgIpc) is 2.57. The van der Waals surface area contributed by atoms with Crippen LogP contribution in [0, 0.1) is 26.2 Å². The molecule has 0 aliphatic carbocycles. The molecule has 2 aromatic rings. The highest BCUT2D eigenvalue weighted by Gasteiger charge is 2.21. The molecule has 0 amide bonds. The molecule has 0 unspecified atom stereocenters. The van der Waals surface area contributed by atoms with Crippen LogP contribution in [-0.2, 0) is 4.79 Å². The normalized spacial score (nSPS) is 13.6. The molecule has 0 aromatic heterocycles. The van der Waals surface area contributed by atoms with Crippen molar-refractivity contribution in [2.75, 3.05) is 0 Å². The van der Waals surface area contributed by atoms with Gasteiger partial charge in [-0.15, -0.1) is 0 Å². The molecule has 0 atom stereocenters. The van der Waals surface area contributed by atoms with Crippen LogP contribution in [0.4, 0.5) is 0 Å². The van der Waals surface area contributed by atoms with Gasteiger partial charge in [0.05, 0.1) is 2.74 Å². The minimum atomic E-state index is -0.486. The van der Waals surface area contributed by atoms with E-state index in [0.717, 1.165) is 27.8 Å². The predicted molar refractivity (Wildman–Crippen MR) is 98.6 cm³/mol. The third kappa shape index (κ3) is 3.98. The fourth-order valence-electron chi connectivity index (χ4n) is 2.67. The zero-order valence-corrected chi connectivity index (χ0v) is 14.9. The maximum absolute atomic E-state index is 12.7. The minimum absolute atomic E-state index is 0.0313. The van der Waals surface area contributed by atoms with Crippen LogP contribution >= 0.6 is 0 Å². The van der Waals surface area contributed by atoms with E-state index in [9.17, 15) is 4.79 Å². The van der Waals surface area contributed by atoms with Gasteiger partial charge in [0.25, 0.3) is 0 Å². The van der Waals surface area contributed by atoms with Crippen molar-refractivity contribution in [2.24, 2.45) is 5.41 Å². The number of carbonyl (C=O) groups excluding carboxylic acids is 1. The van der Waals surface area contributed by atoms with Gasteiger partial charge in [0.15, 0.2) is 5.78 Å². The molecule has 0 radical (unpaired) electrons. The number of carbonyl (C=O) groups is 1. The van der Waals surface area contributed by atoms with Gasteiger partial charge < -0.3 is 0 Å². The Morgan fingerprint density at radius 3 is 2.00 bits per heavy atom. The zero-order chi connectivity index (χ0) is 18.9. The van der Waals surface area contributed by atoms with Crippen LogP contribution in [0.3, 0.4) is 0 Å². The first-order valence-electron chi connectivity index (χ1n) is 8.94. The molecule has 0 aliphatic rings. The molecule has 0 saturated carbocycles. The molecule has 0 fully saturated rings. The summed E-state index contributed by atoms with van der Waals surface area (Å²) in [5.74, 6) is 0.0313. The van der Waals surface area contributed by atoms with E-state index in [1.54, 1.807) is 13.0 Å². The van der Waals surface area contributed by atoms with Gasteiger partial charge in [0.1, 0.15) is 0 Å². The molecule has 1 nitrogen and oxygen atoms in total. The van der Waals surface area contributed by atoms with Crippen LogP contribution in [0.1, 0.15) is 51.3 Å². The van der Waals surface area contributed by atoms with Crippen molar-refractivity contribution in [3.05, 3.63) is 76.3 Å². The van der Waals surface area contributed by atoms with E-state index in [-0.39, 0.29) is 5.78 Å². The Morgan fingerprint density at radius 1 is 1.00 bits per heavy atom. The van der Waals surface area contributed by atoms with Gasteiger partial charge in [0, 0.05) is 5.41 Å². The van der Waals surface area contributed by atoms with E-state index in [2.05, 4.69) is 0 Å². The van der Waals surface area contributed by atoms with Crippen LogP contribution in [0.15, 0.2) is 48.5 Å². The molecule has 2 rings (SSSR count). The minimum Gasteiger partial charge on any atom is -0.294 e. The van der Waals surface area contributed by atoms with Crippen LogP contribution in [0.2, 0.25) is 0 Å². The Labute approximate surface area is 142 Å². The summed E-state index contributed by atoms with van der Waals surface area (Å²) >= 11 is 0. The monoisotopic (exact) mass is 308 g/mol. The quantitative estimate of drug-likeness (QED) is 0.669. The van der Waals surface area contributed by atoms with Gasteiger partial charge in [0.2, 0.25) is 0 Å². The van der Waals surface area contributed by atoms with Crippen LogP contribution < -0.4 is 0 Å². The Morgan fingerprint density at radius 2 is 1.52 bits per heavy atom. The maximum Gasteiger partial charge on any atom is 0.161 e. The van der Waals surface area contributed by atoms with Crippen LogP contribution in [-0.4, -0.2) is 5.78 Å². The fourth-order valence-corrected chi connectivity index (χ4v) is 2.67. The first kappa shape index (κ1) is 14.4. The summed E-state index contributed by atoms with van der Waals surface area (Å²) in [6.45, 7) is 11.3. The third-order valence-electron chi connectivity index (χ3n) is 3.87. The first-order chi connectivity index (χ1) is 11.6. The molecule has 0 N–H and O–H groups in total. The fraction of sp³-hybridized carbons (Fsp3) is 0.318. The van der Waals surface area contributed by atoms with Crippen molar-refractivity contribution in [1.29, 1.82) is 0 Å². The van der Waals surface area contributed by atoms with Crippen molar-refractivity contribution >= 4 is 11.4 Å². The second kappa shape index (κ2) is 6.54. The van der Waals surface area contributed by atoms with Gasteiger partial charge in [-0.05, 0) is 54.7 Å². The second-order valence-electron chi connectivity index (χ2n) is 7.04. The van der Waals surface area contributed by atoms with Gasteiger partial charge >= 0.3 is 0 Å². The Hall–Kier alpha value is -2.15. The summed E-state index contributed by atoms with van der Waals surface area (Å²) in [6, 6.07) is 10.5. The second-order valence-corrected chi connectivity index (χ2v) is 7.04. The number of hydrogen-bond acceptors (Lipinski definition) is 1. The van der Waals surface area contributed by atoms with Gasteiger partial charge in [-0.25, -0.2) is 0 Å². The summed E-state index contributed by atoms with van der Waals surface area (Å²) in [4.78, 5) is 12.7. The summed E-state index contributed by atoms with van der Waals surface area (Å²) in [5, 5.41) is 0. The standard InChI is InChI=1S/C22H26O/c1-15-12-16(2)21(17(3)13-15)19(14-20(23)22(4,5)6)18-10-8-7-9-11-18/h7-14H,1-6H3/b19-14+/i12D,13D. The van der Waals surface area contributed by atoms with Gasteiger partial charge in [-0.3, -0.25) is 4.79 Å². The molecule has 23 heavy (non-hydrogen) atoms. The SMILES string of the molecule is [2H]c1c(C)c([2H])c(C)c(/C(=C/C(=O)C(C)(C)C)c2ccccc2)c1C. The maximum atomic E-state index is 12.7. The van der Waals surface area contributed by atoms with Crippen LogP contribution in [0.5, 0.6) is 0 Å². The molecule has 0 spiro atoms. The van der Waals surface area contributed by atoms with Gasteiger partial charge in [-0.2, -0.15) is 0 Å². The molecule has 2 aromatic carbocycles. The molecular weight excluding hydrogens is 280 g/mol. The lowest BCUT2D eigenvalue weighted by atomic mass is 9.84. The van der Waals surface area contributed by atoms with E-state index in [0.29, 0.717) is 17.6 Å². The third-order valence-corrected chi connectivity index (χ3v) is 3.87. The number of rotatable bonds is 3. The van der Waals surface area contributed by atoms with E-state index < -0.39 is 5.41 Å². The van der Waals surface area contributed by atoms with Crippen molar-refractivity contribution < 1.29 is 7.54 Å². The lowest BCUT2D eigenvalue weighted by Gasteiger charge is -2.19. The smallest absolute Gasteiger partial charge is 0.161 e. The summed E-state index contributed by atoms with van der Waals surface area (Å²) in [5.41, 5.74) is 4.34. The highest BCUT2D eigenvalue weighted by molar-refractivity contribution is 6.03. The van der Waals surface area contributed by atoms with Crippen molar-refractivity contribution in [3.8, 4) is 0 Å². The van der Waals surface area contributed by atoms with Crippen molar-refractivity contribution in [3.63, 3.8) is 0 Å². The summed E-state index contributed by atoms with van der Waals surface area (Å²) < 4.78 is 16.7. The zero-order valence-electron chi connectivity index (χ0n) is 16.9. The van der Waals surface area contributed by atoms with E-state index in [1.807, 2.05) is 65.0 Å². The Bertz CT molecular complexity index is 812.